The average Bonchev–Trinajstić information content (AvgIpc) is 2.89. The van der Waals surface area contributed by atoms with Crippen molar-refractivity contribution in [3.63, 3.8) is 0 Å². The van der Waals surface area contributed by atoms with Crippen molar-refractivity contribution in [2.45, 2.75) is 33.2 Å². The van der Waals surface area contributed by atoms with Crippen molar-refractivity contribution >= 4 is 5.82 Å². The summed E-state index contributed by atoms with van der Waals surface area (Å²) >= 11 is 0. The quantitative estimate of drug-likeness (QED) is 0.856. The number of anilines is 1. The molecule has 0 fully saturated rings. The molecule has 0 N–H and O–H groups in total. The summed E-state index contributed by atoms with van der Waals surface area (Å²) in [5.41, 5.74) is 2.20. The summed E-state index contributed by atoms with van der Waals surface area (Å²) in [5, 5.41) is 8.51. The van der Waals surface area contributed by atoms with Crippen LogP contribution in [-0.4, -0.2) is 33.3 Å². The molecule has 1 aliphatic heterocycles. The van der Waals surface area contributed by atoms with Crippen LogP contribution < -0.4 is 4.90 Å². The Hall–Kier alpha value is -1.91. The molecule has 0 saturated heterocycles. The molecule has 20 heavy (non-hydrogen) atoms. The van der Waals surface area contributed by atoms with Crippen molar-refractivity contribution in [1.29, 1.82) is 0 Å². The summed E-state index contributed by atoms with van der Waals surface area (Å²) in [6.45, 7) is 6.14. The summed E-state index contributed by atoms with van der Waals surface area (Å²) in [4.78, 5) is 6.59. The van der Waals surface area contributed by atoms with Gasteiger partial charge in [0.15, 0.2) is 5.82 Å². The maximum Gasteiger partial charge on any atom is 0.151 e. The van der Waals surface area contributed by atoms with Gasteiger partial charge in [-0.15, -0.1) is 5.10 Å². The van der Waals surface area contributed by atoms with E-state index in [2.05, 4.69) is 50.9 Å². The molecule has 1 aliphatic rings. The van der Waals surface area contributed by atoms with Gasteiger partial charge in [0.25, 0.3) is 0 Å². The molecule has 5 heteroatoms. The van der Waals surface area contributed by atoms with Crippen molar-refractivity contribution in [3.05, 3.63) is 35.5 Å². The van der Waals surface area contributed by atoms with Gasteiger partial charge in [-0.3, -0.25) is 0 Å². The van der Waals surface area contributed by atoms with E-state index >= 15 is 0 Å². The molecule has 0 bridgehead atoms. The maximum atomic E-state index is 4.38. The van der Waals surface area contributed by atoms with E-state index < -0.39 is 0 Å². The van der Waals surface area contributed by atoms with Gasteiger partial charge in [-0.1, -0.05) is 0 Å². The fourth-order valence-electron chi connectivity index (χ4n) is 2.79. The highest BCUT2D eigenvalue weighted by Gasteiger charge is 2.20. The third-order valence-corrected chi connectivity index (χ3v) is 4.17. The van der Waals surface area contributed by atoms with E-state index in [0.717, 1.165) is 31.0 Å². The van der Waals surface area contributed by atoms with Crippen LogP contribution in [0.2, 0.25) is 0 Å². The van der Waals surface area contributed by atoms with Gasteiger partial charge in [-0.2, -0.15) is 5.10 Å². The fourth-order valence-corrected chi connectivity index (χ4v) is 2.79. The van der Waals surface area contributed by atoms with Crippen LogP contribution in [-0.2, 0) is 13.0 Å². The largest absolute Gasteiger partial charge is 0.358 e. The minimum absolute atomic E-state index is 0.644. The normalized spacial score (nSPS) is 17.9. The number of aromatic nitrogens is 4. The highest BCUT2D eigenvalue weighted by Crippen LogP contribution is 2.21. The summed E-state index contributed by atoms with van der Waals surface area (Å²) < 4.78 is 2.27. The molecule has 2 aromatic rings. The Labute approximate surface area is 119 Å². The Morgan fingerprint density at radius 3 is 3.00 bits per heavy atom. The lowest BCUT2D eigenvalue weighted by molar-refractivity contribution is 0.368. The van der Waals surface area contributed by atoms with Gasteiger partial charge in [-0.05, 0) is 37.8 Å². The van der Waals surface area contributed by atoms with E-state index in [1.54, 1.807) is 0 Å². The number of hydrogen-bond acceptors (Lipinski definition) is 4. The second kappa shape index (κ2) is 5.23. The third kappa shape index (κ3) is 2.53. The van der Waals surface area contributed by atoms with Crippen molar-refractivity contribution in [1.82, 2.24) is 19.7 Å². The van der Waals surface area contributed by atoms with Crippen LogP contribution in [0.5, 0.6) is 0 Å². The Bertz CT molecular complexity index is 604. The number of aryl methyl sites for hydroxylation is 3. The van der Waals surface area contributed by atoms with Crippen molar-refractivity contribution in [2.75, 3.05) is 18.5 Å². The zero-order valence-electron chi connectivity index (χ0n) is 12.4. The van der Waals surface area contributed by atoms with Crippen LogP contribution in [0.3, 0.4) is 0 Å². The van der Waals surface area contributed by atoms with E-state index in [4.69, 9.17) is 0 Å². The van der Waals surface area contributed by atoms with E-state index in [1.165, 1.54) is 17.8 Å². The van der Waals surface area contributed by atoms with Gasteiger partial charge in [0.1, 0.15) is 5.82 Å². The van der Waals surface area contributed by atoms with Gasteiger partial charge in [-0.25, -0.2) is 4.98 Å². The van der Waals surface area contributed by atoms with Gasteiger partial charge in [0.05, 0.1) is 5.69 Å². The third-order valence-electron chi connectivity index (χ3n) is 4.17. The first-order valence-corrected chi connectivity index (χ1v) is 7.15. The minimum atomic E-state index is 0.644. The zero-order chi connectivity index (χ0) is 14.1. The lowest BCUT2D eigenvalue weighted by Gasteiger charge is -2.28. The second-order valence-electron chi connectivity index (χ2n) is 5.75. The first-order chi connectivity index (χ1) is 9.63. The molecule has 3 rings (SSSR count). The van der Waals surface area contributed by atoms with Crippen molar-refractivity contribution in [2.24, 2.45) is 5.92 Å². The molecule has 0 amide bonds. The highest BCUT2D eigenvalue weighted by atomic mass is 15.2. The number of fused-ring (bicyclic) bond motifs is 1. The fraction of sp³-hybridized carbons (Fsp3) is 0.533. The Morgan fingerprint density at radius 2 is 2.20 bits per heavy atom. The molecular weight excluding hydrogens is 250 g/mol. The van der Waals surface area contributed by atoms with E-state index in [9.17, 15) is 0 Å². The van der Waals surface area contributed by atoms with Crippen LogP contribution in [0.1, 0.15) is 23.5 Å². The van der Waals surface area contributed by atoms with Gasteiger partial charge in [0.2, 0.25) is 0 Å². The molecule has 106 valence electrons. The van der Waals surface area contributed by atoms with Gasteiger partial charge < -0.3 is 9.47 Å². The molecule has 0 unspecified atom stereocenters. The number of hydrogen-bond donors (Lipinski definition) is 0. The summed E-state index contributed by atoms with van der Waals surface area (Å²) in [7, 11) is 2.10. The SMILES string of the molecule is Cc1cc(N(C)C[C@H]2CCc3nccn3C2)nnc1C. The predicted molar refractivity (Wildman–Crippen MR) is 78.8 cm³/mol. The van der Waals surface area contributed by atoms with Crippen LogP contribution >= 0.6 is 0 Å². The predicted octanol–water partition coefficient (Wildman–Crippen LogP) is 1.99. The zero-order valence-corrected chi connectivity index (χ0v) is 12.4. The first-order valence-electron chi connectivity index (χ1n) is 7.15. The average molecular weight is 271 g/mol. The summed E-state index contributed by atoms with van der Waals surface area (Å²) in [5.74, 6) is 2.82. The molecule has 0 aliphatic carbocycles. The second-order valence-corrected chi connectivity index (χ2v) is 5.75. The molecule has 0 radical (unpaired) electrons. The first kappa shape index (κ1) is 13.1. The Morgan fingerprint density at radius 1 is 1.35 bits per heavy atom. The molecule has 5 nitrogen and oxygen atoms in total. The monoisotopic (exact) mass is 271 g/mol. The van der Waals surface area contributed by atoms with Crippen LogP contribution in [0.25, 0.3) is 0 Å². The van der Waals surface area contributed by atoms with Crippen LogP contribution in [0, 0.1) is 19.8 Å². The van der Waals surface area contributed by atoms with E-state index in [1.807, 2.05) is 13.1 Å². The molecule has 0 saturated carbocycles. The topological polar surface area (TPSA) is 46.8 Å². The van der Waals surface area contributed by atoms with Crippen LogP contribution in [0.4, 0.5) is 5.82 Å². The number of rotatable bonds is 3. The number of nitrogens with zero attached hydrogens (tertiary/aromatic N) is 5. The summed E-state index contributed by atoms with van der Waals surface area (Å²) in [6, 6.07) is 2.12. The Kier molecular flexibility index (Phi) is 3.42. The molecule has 1 atom stereocenters. The molecule has 2 aromatic heterocycles. The molecule has 3 heterocycles. The maximum absolute atomic E-state index is 4.38. The standard InChI is InChI=1S/C15H21N5/c1-11-8-15(18-17-12(11)2)19(3)9-13-4-5-14-16-6-7-20(14)10-13/h6-8,13H,4-5,9-10H2,1-3H3/t13-/m1/s1. The van der Waals surface area contributed by atoms with Crippen LogP contribution in [0.15, 0.2) is 18.5 Å². The van der Waals surface area contributed by atoms with Gasteiger partial charge in [0, 0.05) is 39.0 Å². The molecular formula is C15H21N5. The highest BCUT2D eigenvalue weighted by molar-refractivity contribution is 5.39. The van der Waals surface area contributed by atoms with Gasteiger partial charge >= 0.3 is 0 Å². The molecule has 0 spiro atoms. The Balaban J connectivity index is 1.67. The van der Waals surface area contributed by atoms with Crippen molar-refractivity contribution < 1.29 is 0 Å². The van der Waals surface area contributed by atoms with E-state index in [-0.39, 0.29) is 0 Å². The smallest absolute Gasteiger partial charge is 0.151 e. The minimum Gasteiger partial charge on any atom is -0.358 e. The number of imidazole rings is 1. The summed E-state index contributed by atoms with van der Waals surface area (Å²) in [6.07, 6.45) is 6.25. The van der Waals surface area contributed by atoms with E-state index in [0.29, 0.717) is 5.92 Å². The lowest BCUT2D eigenvalue weighted by atomic mass is 9.99. The molecule has 0 aromatic carbocycles. The van der Waals surface area contributed by atoms with Crippen molar-refractivity contribution in [3.8, 4) is 0 Å². The lowest BCUT2D eigenvalue weighted by Crippen LogP contribution is -2.32.